The van der Waals surface area contributed by atoms with Gasteiger partial charge in [0.1, 0.15) is 35.9 Å². The number of benzene rings is 3. The molecule has 208 valence electrons. The van der Waals surface area contributed by atoms with Crippen LogP contribution in [-0.2, 0) is 20.8 Å². The second-order valence-electron chi connectivity index (χ2n) is 9.43. The number of carbonyl (C=O) groups excluding carboxylic acids is 2. The molecule has 40 heavy (non-hydrogen) atoms. The van der Waals surface area contributed by atoms with Gasteiger partial charge in [0, 0.05) is 0 Å². The van der Waals surface area contributed by atoms with E-state index in [1.54, 1.807) is 55.6 Å². The van der Waals surface area contributed by atoms with Crippen molar-refractivity contribution in [3.05, 3.63) is 108 Å². The van der Waals surface area contributed by atoms with Crippen molar-refractivity contribution in [2.75, 3.05) is 20.3 Å². The van der Waals surface area contributed by atoms with Crippen LogP contribution in [-0.4, -0.2) is 72.8 Å². The molecule has 1 fully saturated rings. The predicted octanol–water partition coefficient (Wildman–Crippen LogP) is 3.61. The molecule has 5 rings (SSSR count). The van der Waals surface area contributed by atoms with Gasteiger partial charge in [0.15, 0.2) is 0 Å². The Kier molecular flexibility index (Phi) is 8.57. The van der Waals surface area contributed by atoms with Gasteiger partial charge in [0.05, 0.1) is 38.1 Å². The molecule has 0 bridgehead atoms. The van der Waals surface area contributed by atoms with Crippen molar-refractivity contribution < 1.29 is 38.4 Å². The Balaban J connectivity index is 1.46. The largest absolute Gasteiger partial charge is 0.497 e. The molecule has 9 heteroatoms. The molecule has 2 aliphatic heterocycles. The van der Waals surface area contributed by atoms with Crippen LogP contribution in [0.2, 0.25) is 0 Å². The molecule has 2 heterocycles. The quantitative estimate of drug-likeness (QED) is 0.288. The van der Waals surface area contributed by atoms with Crippen molar-refractivity contribution in [3.63, 3.8) is 0 Å². The van der Waals surface area contributed by atoms with Crippen molar-refractivity contribution >= 4 is 11.8 Å². The number of carbonyl (C=O) groups is 2. The Morgan fingerprint density at radius 1 is 0.925 bits per heavy atom. The number of hydrogen-bond acceptors (Lipinski definition) is 8. The molecule has 0 saturated carbocycles. The lowest BCUT2D eigenvalue weighted by molar-refractivity contribution is -0.264. The second-order valence-corrected chi connectivity index (χ2v) is 9.43. The number of amides is 2. The van der Waals surface area contributed by atoms with Gasteiger partial charge >= 0.3 is 0 Å². The van der Waals surface area contributed by atoms with Crippen LogP contribution >= 0.6 is 0 Å². The van der Waals surface area contributed by atoms with Crippen molar-refractivity contribution in [1.82, 2.24) is 4.90 Å². The maximum atomic E-state index is 13.5. The third-order valence-corrected chi connectivity index (χ3v) is 6.88. The Morgan fingerprint density at radius 3 is 2.17 bits per heavy atom. The summed E-state index contributed by atoms with van der Waals surface area (Å²) in [5.74, 6) is 0.00487. The first-order valence-electron chi connectivity index (χ1n) is 13.0. The highest BCUT2D eigenvalue weighted by Crippen LogP contribution is 2.35. The Morgan fingerprint density at radius 2 is 1.55 bits per heavy atom. The number of rotatable bonds is 11. The molecule has 0 aliphatic carbocycles. The highest BCUT2D eigenvalue weighted by Gasteiger charge is 2.55. The van der Waals surface area contributed by atoms with Gasteiger partial charge in [-0.15, -0.1) is 6.58 Å². The second kappa shape index (κ2) is 12.4. The zero-order valence-corrected chi connectivity index (χ0v) is 22.1. The van der Waals surface area contributed by atoms with E-state index in [-0.39, 0.29) is 24.3 Å². The summed E-state index contributed by atoms with van der Waals surface area (Å²) in [7, 11) is 1.56. The van der Waals surface area contributed by atoms with E-state index < -0.39 is 42.5 Å². The Hall–Kier alpha value is -4.02. The number of methoxy groups -OCH3 is 1. The summed E-state index contributed by atoms with van der Waals surface area (Å²) in [4.78, 5) is 28.1. The molecular formula is C31H31NO8. The van der Waals surface area contributed by atoms with Crippen LogP contribution < -0.4 is 9.47 Å². The topological polar surface area (TPSA) is 104 Å². The zero-order chi connectivity index (χ0) is 28.1. The van der Waals surface area contributed by atoms with Gasteiger partial charge < -0.3 is 28.8 Å². The summed E-state index contributed by atoms with van der Waals surface area (Å²) in [6.45, 7) is 4.09. The van der Waals surface area contributed by atoms with Gasteiger partial charge in [-0.25, -0.2) is 0 Å². The lowest BCUT2D eigenvalue weighted by Gasteiger charge is -2.46. The van der Waals surface area contributed by atoms with Crippen molar-refractivity contribution in [2.45, 2.75) is 37.3 Å². The standard InChI is InChI=1S/C31H31NO8/c1-3-17-38-28-26(32-29(34)23-11-7-8-12-24(23)30(32)35)31(39-22-15-13-21(36-2)14-16-22)40-25(27(28)33)19-37-18-20-9-5-4-6-10-20/h3-16,25-28,31,33H,1,17-19H2,2H3/t25-,26-,27-,28-,31-/m1/s1. The minimum Gasteiger partial charge on any atom is -0.497 e. The predicted molar refractivity (Wildman–Crippen MR) is 145 cm³/mol. The molecule has 0 spiro atoms. The molecule has 3 aromatic rings. The molecule has 3 aromatic carbocycles. The smallest absolute Gasteiger partial charge is 0.262 e. The summed E-state index contributed by atoms with van der Waals surface area (Å²) >= 11 is 0. The van der Waals surface area contributed by atoms with Crippen LogP contribution in [0.4, 0.5) is 0 Å². The van der Waals surface area contributed by atoms with Crippen molar-refractivity contribution in [1.29, 1.82) is 0 Å². The summed E-state index contributed by atoms with van der Waals surface area (Å²) < 4.78 is 29.6. The SMILES string of the molecule is C=CCO[C@H]1[C@H](O)[C@@H](COCc2ccccc2)O[C@@H](Oc2ccc(OC)cc2)[C@@H]1N1C(=O)c2ccccc2C1=O. The fraction of sp³-hybridized carbons (Fsp3) is 0.290. The number of hydrogen-bond donors (Lipinski definition) is 1. The van der Waals surface area contributed by atoms with Crippen molar-refractivity contribution in [3.8, 4) is 11.5 Å². The molecule has 0 unspecified atom stereocenters. The summed E-state index contributed by atoms with van der Waals surface area (Å²) in [5.41, 5.74) is 1.49. The van der Waals surface area contributed by atoms with Crippen LogP contribution in [0.25, 0.3) is 0 Å². The number of nitrogens with zero attached hydrogens (tertiary/aromatic N) is 1. The van der Waals surface area contributed by atoms with Crippen molar-refractivity contribution in [2.24, 2.45) is 0 Å². The molecule has 5 atom stereocenters. The highest BCUT2D eigenvalue weighted by atomic mass is 16.7. The number of aliphatic hydroxyl groups is 1. The highest BCUT2D eigenvalue weighted by molar-refractivity contribution is 6.21. The monoisotopic (exact) mass is 545 g/mol. The number of aliphatic hydroxyl groups excluding tert-OH is 1. The lowest BCUT2D eigenvalue weighted by atomic mass is 9.95. The summed E-state index contributed by atoms with van der Waals surface area (Å²) in [5, 5.41) is 11.4. The summed E-state index contributed by atoms with van der Waals surface area (Å²) in [6, 6.07) is 21.9. The molecular weight excluding hydrogens is 514 g/mol. The fourth-order valence-electron chi connectivity index (χ4n) is 4.92. The van der Waals surface area contributed by atoms with Gasteiger partial charge in [-0.05, 0) is 42.0 Å². The van der Waals surface area contributed by atoms with E-state index >= 15 is 0 Å². The minimum atomic E-state index is -1.25. The first-order valence-corrected chi connectivity index (χ1v) is 13.0. The van der Waals surface area contributed by atoms with E-state index in [1.807, 2.05) is 30.3 Å². The molecule has 0 aromatic heterocycles. The van der Waals surface area contributed by atoms with Gasteiger partial charge in [-0.2, -0.15) is 0 Å². The van der Waals surface area contributed by atoms with E-state index in [4.69, 9.17) is 23.7 Å². The van der Waals surface area contributed by atoms with E-state index in [2.05, 4.69) is 6.58 Å². The third-order valence-electron chi connectivity index (χ3n) is 6.88. The average Bonchev–Trinajstić information content (AvgIpc) is 3.24. The number of fused-ring (bicyclic) bond motifs is 1. The van der Waals surface area contributed by atoms with Crippen LogP contribution in [0, 0.1) is 0 Å². The Labute approximate surface area is 232 Å². The first-order chi connectivity index (χ1) is 19.5. The maximum absolute atomic E-state index is 13.5. The molecule has 1 saturated heterocycles. The average molecular weight is 546 g/mol. The van der Waals surface area contributed by atoms with E-state index in [9.17, 15) is 14.7 Å². The molecule has 1 N–H and O–H groups in total. The van der Waals surface area contributed by atoms with Crippen LogP contribution in [0.5, 0.6) is 11.5 Å². The van der Waals surface area contributed by atoms with Gasteiger partial charge in [-0.1, -0.05) is 48.5 Å². The molecule has 9 nitrogen and oxygen atoms in total. The normalized spacial score (nSPS) is 24.1. The third kappa shape index (κ3) is 5.64. The summed E-state index contributed by atoms with van der Waals surface area (Å²) in [6.07, 6.45) is -2.84. The molecule has 2 amide bonds. The van der Waals surface area contributed by atoms with Gasteiger partial charge in [-0.3, -0.25) is 14.5 Å². The van der Waals surface area contributed by atoms with E-state index in [0.717, 1.165) is 10.5 Å². The van der Waals surface area contributed by atoms with Crippen LogP contribution in [0.3, 0.4) is 0 Å². The molecule has 0 radical (unpaired) electrons. The zero-order valence-electron chi connectivity index (χ0n) is 22.1. The fourth-order valence-corrected chi connectivity index (χ4v) is 4.92. The maximum Gasteiger partial charge on any atom is 0.262 e. The Bertz CT molecular complexity index is 1290. The lowest BCUT2D eigenvalue weighted by Crippen LogP contribution is -2.67. The number of imide groups is 1. The van der Waals surface area contributed by atoms with Crippen LogP contribution in [0.15, 0.2) is 91.5 Å². The van der Waals surface area contributed by atoms with E-state index in [1.165, 1.54) is 6.08 Å². The van der Waals surface area contributed by atoms with Gasteiger partial charge in [0.25, 0.3) is 11.8 Å². The van der Waals surface area contributed by atoms with Gasteiger partial charge in [0.2, 0.25) is 6.29 Å². The first kappa shape index (κ1) is 27.5. The van der Waals surface area contributed by atoms with E-state index in [0.29, 0.717) is 18.1 Å². The minimum absolute atomic E-state index is 0.0152. The number of ether oxygens (including phenoxy) is 5. The molecule has 2 aliphatic rings. The van der Waals surface area contributed by atoms with Crippen LogP contribution in [0.1, 0.15) is 26.3 Å².